The lowest BCUT2D eigenvalue weighted by Crippen LogP contribution is -2.35. The fourth-order valence-electron chi connectivity index (χ4n) is 1.01. The molecule has 15 heavy (non-hydrogen) atoms. The van der Waals surface area contributed by atoms with Gasteiger partial charge >= 0.3 is 0 Å². The standard InChI is InChI=1S/C8H13Cl2N3O2/c9-1-3-13(4-2-10)6(8(12)15)5-7(11)14/h5H,1-4H2,(H2,11,14)(H2,12,15)/b6-5-. The minimum Gasteiger partial charge on any atom is -0.366 e. The van der Waals surface area contributed by atoms with Crippen LogP contribution in [0.2, 0.25) is 0 Å². The number of nitrogens with zero attached hydrogens (tertiary/aromatic N) is 1. The number of primary amides is 2. The van der Waals surface area contributed by atoms with Gasteiger partial charge in [-0.05, 0) is 0 Å². The first-order chi connectivity index (χ1) is 7.02. The minimum atomic E-state index is -0.738. The van der Waals surface area contributed by atoms with Crippen molar-refractivity contribution in [3.05, 3.63) is 11.8 Å². The Bertz CT molecular complexity index is 263. The third-order valence-corrected chi connectivity index (χ3v) is 1.92. The zero-order chi connectivity index (χ0) is 11.8. The third-order valence-electron chi connectivity index (χ3n) is 1.58. The normalized spacial score (nSPS) is 11.2. The first-order valence-corrected chi connectivity index (χ1v) is 5.27. The van der Waals surface area contributed by atoms with Crippen LogP contribution in [0.25, 0.3) is 0 Å². The van der Waals surface area contributed by atoms with Gasteiger partial charge in [-0.2, -0.15) is 0 Å². The molecule has 0 fully saturated rings. The predicted octanol–water partition coefficient (Wildman–Crippen LogP) is -0.380. The van der Waals surface area contributed by atoms with Gasteiger partial charge in [-0.1, -0.05) is 0 Å². The van der Waals surface area contributed by atoms with Gasteiger partial charge in [0.15, 0.2) is 0 Å². The van der Waals surface area contributed by atoms with E-state index in [-0.39, 0.29) is 5.70 Å². The molecule has 0 aliphatic heterocycles. The summed E-state index contributed by atoms with van der Waals surface area (Å²) in [6.45, 7) is 0.743. The Labute approximate surface area is 98.0 Å². The quantitative estimate of drug-likeness (QED) is 0.479. The van der Waals surface area contributed by atoms with Gasteiger partial charge in [-0.3, -0.25) is 9.59 Å². The SMILES string of the molecule is NC(=O)/C=C(/C(N)=O)N(CCCl)CCCl. The number of carbonyl (C=O) groups excluding carboxylic acids is 2. The summed E-state index contributed by atoms with van der Waals surface area (Å²) in [5.41, 5.74) is 10.1. The highest BCUT2D eigenvalue weighted by Crippen LogP contribution is 2.04. The second-order valence-electron chi connectivity index (χ2n) is 2.66. The van der Waals surface area contributed by atoms with Gasteiger partial charge in [-0.15, -0.1) is 23.2 Å². The Morgan fingerprint density at radius 2 is 1.60 bits per heavy atom. The maximum absolute atomic E-state index is 11.0. The minimum absolute atomic E-state index is 0.0313. The highest BCUT2D eigenvalue weighted by atomic mass is 35.5. The van der Waals surface area contributed by atoms with Crippen molar-refractivity contribution in [2.75, 3.05) is 24.8 Å². The van der Waals surface area contributed by atoms with Crippen LogP contribution in [0.4, 0.5) is 0 Å². The molecule has 7 heteroatoms. The van der Waals surface area contributed by atoms with Crippen molar-refractivity contribution in [2.45, 2.75) is 0 Å². The van der Waals surface area contributed by atoms with Gasteiger partial charge in [0.25, 0.3) is 5.91 Å². The average Bonchev–Trinajstić information content (AvgIpc) is 2.13. The van der Waals surface area contributed by atoms with Crippen LogP contribution in [0.5, 0.6) is 0 Å². The summed E-state index contributed by atoms with van der Waals surface area (Å²) < 4.78 is 0. The molecule has 2 amide bonds. The Morgan fingerprint density at radius 3 is 1.87 bits per heavy atom. The van der Waals surface area contributed by atoms with Crippen LogP contribution < -0.4 is 11.5 Å². The number of halogens is 2. The zero-order valence-electron chi connectivity index (χ0n) is 8.08. The van der Waals surface area contributed by atoms with Crippen molar-refractivity contribution in [2.24, 2.45) is 11.5 Å². The molecule has 0 rings (SSSR count). The Hall–Kier alpha value is -0.940. The number of amides is 2. The summed E-state index contributed by atoms with van der Waals surface area (Å²) in [6, 6.07) is 0. The summed E-state index contributed by atoms with van der Waals surface area (Å²) in [5, 5.41) is 0. The molecular weight excluding hydrogens is 241 g/mol. The van der Waals surface area contributed by atoms with Gasteiger partial charge < -0.3 is 16.4 Å². The second kappa shape index (κ2) is 7.36. The van der Waals surface area contributed by atoms with Crippen LogP contribution in [0.15, 0.2) is 11.8 Å². The van der Waals surface area contributed by atoms with Crippen molar-refractivity contribution in [3.8, 4) is 0 Å². The van der Waals surface area contributed by atoms with Crippen molar-refractivity contribution in [1.29, 1.82) is 0 Å². The van der Waals surface area contributed by atoms with Crippen LogP contribution in [0, 0.1) is 0 Å². The summed E-state index contributed by atoms with van der Waals surface area (Å²) in [7, 11) is 0. The van der Waals surface area contributed by atoms with Crippen LogP contribution in [-0.2, 0) is 9.59 Å². The molecule has 0 atom stereocenters. The molecule has 0 unspecified atom stereocenters. The molecule has 86 valence electrons. The average molecular weight is 254 g/mol. The first kappa shape index (κ1) is 14.1. The number of rotatable bonds is 7. The molecule has 0 saturated heterocycles. The highest BCUT2D eigenvalue weighted by molar-refractivity contribution is 6.18. The van der Waals surface area contributed by atoms with E-state index in [1.54, 1.807) is 0 Å². The summed E-state index contributed by atoms with van der Waals surface area (Å²) in [5.74, 6) is -0.887. The predicted molar refractivity (Wildman–Crippen MR) is 59.5 cm³/mol. The molecular formula is C8H13Cl2N3O2. The molecule has 0 spiro atoms. The van der Waals surface area contributed by atoms with Crippen LogP contribution >= 0.6 is 23.2 Å². The van der Waals surface area contributed by atoms with E-state index in [1.807, 2.05) is 0 Å². The Kier molecular flexibility index (Phi) is 6.90. The largest absolute Gasteiger partial charge is 0.366 e. The van der Waals surface area contributed by atoms with Crippen molar-refractivity contribution >= 4 is 35.0 Å². The molecule has 5 nitrogen and oxygen atoms in total. The number of hydrogen-bond acceptors (Lipinski definition) is 3. The summed E-state index contributed by atoms with van der Waals surface area (Å²) in [6.07, 6.45) is 0.974. The zero-order valence-corrected chi connectivity index (χ0v) is 9.59. The van der Waals surface area contributed by atoms with E-state index in [0.29, 0.717) is 24.8 Å². The molecule has 0 radical (unpaired) electrons. The number of alkyl halides is 2. The smallest absolute Gasteiger partial charge is 0.265 e. The molecule has 0 aliphatic carbocycles. The molecule has 0 aromatic rings. The lowest BCUT2D eigenvalue weighted by atomic mass is 10.3. The van der Waals surface area contributed by atoms with E-state index in [2.05, 4.69) is 0 Å². The molecule has 0 aromatic heterocycles. The maximum Gasteiger partial charge on any atom is 0.265 e. The number of carbonyl (C=O) groups is 2. The van der Waals surface area contributed by atoms with Gasteiger partial charge in [0, 0.05) is 30.9 Å². The topological polar surface area (TPSA) is 89.4 Å². The number of hydrogen-bond donors (Lipinski definition) is 2. The third kappa shape index (κ3) is 5.49. The van der Waals surface area contributed by atoms with Crippen LogP contribution in [0.1, 0.15) is 0 Å². The van der Waals surface area contributed by atoms with Crippen molar-refractivity contribution in [1.82, 2.24) is 4.90 Å². The van der Waals surface area contributed by atoms with Crippen molar-refractivity contribution < 1.29 is 9.59 Å². The second-order valence-corrected chi connectivity index (χ2v) is 3.42. The first-order valence-electron chi connectivity index (χ1n) is 4.20. The molecule has 0 heterocycles. The van der Waals surface area contributed by atoms with Gasteiger partial charge in [0.05, 0.1) is 0 Å². The van der Waals surface area contributed by atoms with Gasteiger partial charge in [-0.25, -0.2) is 0 Å². The highest BCUT2D eigenvalue weighted by Gasteiger charge is 2.14. The molecule has 0 aliphatic rings. The molecule has 4 N–H and O–H groups in total. The monoisotopic (exact) mass is 253 g/mol. The summed E-state index contributed by atoms with van der Waals surface area (Å²) in [4.78, 5) is 23.2. The number of nitrogens with two attached hydrogens (primary N) is 2. The van der Waals surface area contributed by atoms with E-state index < -0.39 is 11.8 Å². The van der Waals surface area contributed by atoms with Gasteiger partial charge in [0.2, 0.25) is 5.91 Å². The van der Waals surface area contributed by atoms with E-state index in [0.717, 1.165) is 6.08 Å². The van der Waals surface area contributed by atoms with Crippen LogP contribution in [0.3, 0.4) is 0 Å². The van der Waals surface area contributed by atoms with E-state index in [4.69, 9.17) is 34.7 Å². The lowest BCUT2D eigenvalue weighted by molar-refractivity contribution is -0.117. The molecule has 0 saturated carbocycles. The maximum atomic E-state index is 11.0. The fraction of sp³-hybridized carbons (Fsp3) is 0.500. The van der Waals surface area contributed by atoms with Gasteiger partial charge in [0.1, 0.15) is 5.70 Å². The lowest BCUT2D eigenvalue weighted by Gasteiger charge is -2.23. The van der Waals surface area contributed by atoms with E-state index >= 15 is 0 Å². The van der Waals surface area contributed by atoms with E-state index in [9.17, 15) is 9.59 Å². The van der Waals surface area contributed by atoms with Crippen molar-refractivity contribution in [3.63, 3.8) is 0 Å². The molecule has 0 aromatic carbocycles. The van der Waals surface area contributed by atoms with Crippen LogP contribution in [-0.4, -0.2) is 41.6 Å². The fourth-order valence-corrected chi connectivity index (χ4v) is 1.42. The Balaban J connectivity index is 4.82. The Morgan fingerprint density at radius 1 is 1.13 bits per heavy atom. The van der Waals surface area contributed by atoms with E-state index in [1.165, 1.54) is 4.90 Å². The molecule has 0 bridgehead atoms. The summed E-state index contributed by atoms with van der Waals surface area (Å²) >= 11 is 11.1.